The van der Waals surface area contributed by atoms with Crippen LogP contribution in [0.4, 0.5) is 17.1 Å². The maximum absolute atomic E-state index is 6.72. The lowest BCUT2D eigenvalue weighted by Crippen LogP contribution is -2.57. The summed E-state index contributed by atoms with van der Waals surface area (Å²) in [6.07, 6.45) is 0. The topological polar surface area (TPSA) is 21.7 Å². The summed E-state index contributed by atoms with van der Waals surface area (Å²) in [5, 5.41) is 4.81. The molecule has 0 radical (unpaired) electrons. The SMILES string of the molecule is Cc1ccc2c(c1)B1c3cc(C)ccc3Oc3cc(N(c4ccc5ccccc5c4)c4ccc5ccccc5c4)cc(c31)O2. The summed E-state index contributed by atoms with van der Waals surface area (Å²) >= 11 is 0. The van der Waals surface area contributed by atoms with Crippen molar-refractivity contribution in [3.8, 4) is 23.0 Å². The van der Waals surface area contributed by atoms with Gasteiger partial charge in [0.1, 0.15) is 23.0 Å². The van der Waals surface area contributed by atoms with Crippen molar-refractivity contribution in [2.75, 3.05) is 4.90 Å². The molecule has 0 unspecified atom stereocenters. The molecule has 0 bridgehead atoms. The van der Waals surface area contributed by atoms with Gasteiger partial charge in [-0.05, 0) is 82.7 Å². The third kappa shape index (κ3) is 3.91. The zero-order valence-corrected chi connectivity index (χ0v) is 24.5. The van der Waals surface area contributed by atoms with Gasteiger partial charge in [0.05, 0.1) is 5.69 Å². The molecule has 0 saturated heterocycles. The lowest BCUT2D eigenvalue weighted by Gasteiger charge is -2.35. The number of hydrogen-bond acceptors (Lipinski definition) is 3. The van der Waals surface area contributed by atoms with Gasteiger partial charge in [0.2, 0.25) is 0 Å². The van der Waals surface area contributed by atoms with E-state index in [2.05, 4.69) is 152 Å². The number of anilines is 3. The molecule has 208 valence electrons. The second-order valence-corrected chi connectivity index (χ2v) is 12.0. The third-order valence-corrected chi connectivity index (χ3v) is 9.01. The van der Waals surface area contributed by atoms with E-state index in [9.17, 15) is 0 Å². The molecule has 44 heavy (non-hydrogen) atoms. The quantitative estimate of drug-likeness (QED) is 0.200. The molecule has 0 fully saturated rings. The van der Waals surface area contributed by atoms with Crippen molar-refractivity contribution in [1.82, 2.24) is 0 Å². The van der Waals surface area contributed by atoms with Crippen LogP contribution in [0.15, 0.2) is 133 Å². The van der Waals surface area contributed by atoms with Crippen molar-refractivity contribution in [1.29, 1.82) is 0 Å². The molecule has 7 aromatic rings. The maximum atomic E-state index is 6.72. The van der Waals surface area contributed by atoms with Gasteiger partial charge < -0.3 is 14.4 Å². The summed E-state index contributed by atoms with van der Waals surface area (Å²) in [4.78, 5) is 2.31. The predicted molar refractivity (Wildman–Crippen MR) is 183 cm³/mol. The zero-order chi connectivity index (χ0) is 29.4. The Labute approximate surface area is 257 Å². The van der Waals surface area contributed by atoms with Crippen LogP contribution in [-0.2, 0) is 0 Å². The monoisotopic (exact) mass is 565 g/mol. The number of fused-ring (bicyclic) bond motifs is 6. The summed E-state index contributed by atoms with van der Waals surface area (Å²) in [5.41, 5.74) is 9.01. The van der Waals surface area contributed by atoms with Gasteiger partial charge in [0, 0.05) is 29.0 Å². The van der Waals surface area contributed by atoms with E-state index >= 15 is 0 Å². The molecular formula is C40H28BNO2. The number of benzene rings is 7. The van der Waals surface area contributed by atoms with Gasteiger partial charge in [-0.15, -0.1) is 0 Å². The lowest BCUT2D eigenvalue weighted by atomic mass is 9.34. The molecule has 4 heteroatoms. The van der Waals surface area contributed by atoms with Gasteiger partial charge in [0.15, 0.2) is 0 Å². The van der Waals surface area contributed by atoms with E-state index in [1.807, 2.05) is 0 Å². The normalized spacial score (nSPS) is 12.6. The van der Waals surface area contributed by atoms with Crippen LogP contribution >= 0.6 is 0 Å². The molecule has 2 heterocycles. The van der Waals surface area contributed by atoms with Crippen LogP contribution in [0.1, 0.15) is 11.1 Å². The molecule has 9 rings (SSSR count). The van der Waals surface area contributed by atoms with Gasteiger partial charge in [-0.2, -0.15) is 0 Å². The van der Waals surface area contributed by atoms with Gasteiger partial charge in [-0.25, -0.2) is 0 Å². The summed E-state index contributed by atoms with van der Waals surface area (Å²) in [5.74, 6) is 3.46. The average Bonchev–Trinajstić information content (AvgIpc) is 3.05. The van der Waals surface area contributed by atoms with E-state index in [4.69, 9.17) is 9.47 Å². The van der Waals surface area contributed by atoms with E-state index in [-0.39, 0.29) is 6.71 Å². The predicted octanol–water partition coefficient (Wildman–Crippen LogP) is 8.81. The van der Waals surface area contributed by atoms with Gasteiger partial charge >= 0.3 is 0 Å². The lowest BCUT2D eigenvalue weighted by molar-refractivity contribution is 0.464. The number of hydrogen-bond donors (Lipinski definition) is 0. The van der Waals surface area contributed by atoms with Crippen LogP contribution in [0.5, 0.6) is 23.0 Å². The first kappa shape index (κ1) is 25.1. The number of aryl methyl sites for hydroxylation is 2. The summed E-state index contributed by atoms with van der Waals surface area (Å²) in [6, 6.07) is 47.7. The Hall–Kier alpha value is -5.48. The molecule has 0 aliphatic carbocycles. The molecule has 0 atom stereocenters. The Morgan fingerprint density at radius 1 is 0.432 bits per heavy atom. The largest absolute Gasteiger partial charge is 0.458 e. The molecule has 7 aromatic carbocycles. The van der Waals surface area contributed by atoms with Crippen molar-refractivity contribution in [2.45, 2.75) is 13.8 Å². The van der Waals surface area contributed by atoms with Crippen molar-refractivity contribution in [3.63, 3.8) is 0 Å². The number of ether oxygens (including phenoxy) is 2. The highest BCUT2D eigenvalue weighted by molar-refractivity contribution is 6.98. The molecule has 0 saturated carbocycles. The van der Waals surface area contributed by atoms with Crippen molar-refractivity contribution >= 4 is 61.7 Å². The van der Waals surface area contributed by atoms with E-state index < -0.39 is 0 Å². The number of rotatable bonds is 3. The van der Waals surface area contributed by atoms with Crippen LogP contribution in [-0.4, -0.2) is 6.71 Å². The summed E-state index contributed by atoms with van der Waals surface area (Å²) in [6.45, 7) is 4.32. The highest BCUT2D eigenvalue weighted by Gasteiger charge is 2.41. The van der Waals surface area contributed by atoms with E-state index in [1.165, 1.54) is 43.6 Å². The van der Waals surface area contributed by atoms with Crippen molar-refractivity contribution < 1.29 is 9.47 Å². The molecule has 0 N–H and O–H groups in total. The van der Waals surface area contributed by atoms with Crippen LogP contribution in [0.2, 0.25) is 0 Å². The number of nitrogens with zero attached hydrogens (tertiary/aromatic N) is 1. The van der Waals surface area contributed by atoms with Gasteiger partial charge in [0.25, 0.3) is 6.71 Å². The highest BCUT2D eigenvalue weighted by atomic mass is 16.5. The minimum Gasteiger partial charge on any atom is -0.458 e. The first-order valence-corrected chi connectivity index (χ1v) is 15.1. The smallest absolute Gasteiger partial charge is 0.260 e. The maximum Gasteiger partial charge on any atom is 0.260 e. The molecule has 0 amide bonds. The molecule has 0 spiro atoms. The minimum atomic E-state index is 0.0381. The Morgan fingerprint density at radius 3 is 1.41 bits per heavy atom. The van der Waals surface area contributed by atoms with Crippen LogP contribution in [0, 0.1) is 13.8 Å². The fourth-order valence-corrected chi connectivity index (χ4v) is 6.94. The first-order chi connectivity index (χ1) is 21.6. The highest BCUT2D eigenvalue weighted by Crippen LogP contribution is 2.43. The summed E-state index contributed by atoms with van der Waals surface area (Å²) in [7, 11) is 0. The van der Waals surface area contributed by atoms with E-state index in [0.717, 1.165) is 45.5 Å². The van der Waals surface area contributed by atoms with E-state index in [1.54, 1.807) is 0 Å². The second kappa shape index (κ2) is 9.52. The fourth-order valence-electron chi connectivity index (χ4n) is 6.94. The zero-order valence-electron chi connectivity index (χ0n) is 24.5. The standard InChI is InChI=1S/C40H28BNO2/c1-25-11-17-36-34(19-25)41-35-20-26(2)12-18-37(35)44-39-24-33(23-38(43-36)40(39)41)42(31-15-13-27-7-3-5-9-29(27)21-31)32-16-14-28-8-4-6-10-30(28)22-32/h3-24H,1-2H3. The Morgan fingerprint density at radius 2 is 0.909 bits per heavy atom. The first-order valence-electron chi connectivity index (χ1n) is 15.1. The Balaban J connectivity index is 1.29. The van der Waals surface area contributed by atoms with E-state index in [0.29, 0.717) is 0 Å². The van der Waals surface area contributed by atoms with Crippen molar-refractivity contribution in [2.24, 2.45) is 0 Å². The molecule has 2 aliphatic heterocycles. The Bertz CT molecular complexity index is 2140. The van der Waals surface area contributed by atoms with Gasteiger partial charge in [-0.1, -0.05) is 96.1 Å². The second-order valence-electron chi connectivity index (χ2n) is 12.0. The Kier molecular flexibility index (Phi) is 5.42. The average molecular weight is 565 g/mol. The minimum absolute atomic E-state index is 0.0381. The third-order valence-electron chi connectivity index (χ3n) is 9.01. The van der Waals surface area contributed by atoms with Crippen LogP contribution < -0.4 is 30.8 Å². The molecule has 3 nitrogen and oxygen atoms in total. The fraction of sp³-hybridized carbons (Fsp3) is 0.0500. The van der Waals surface area contributed by atoms with Gasteiger partial charge in [-0.3, -0.25) is 0 Å². The van der Waals surface area contributed by atoms with Crippen LogP contribution in [0.25, 0.3) is 21.5 Å². The molecule has 2 aliphatic rings. The molecular weight excluding hydrogens is 537 g/mol. The summed E-state index contributed by atoms with van der Waals surface area (Å²) < 4.78 is 13.4. The molecule has 0 aromatic heterocycles. The van der Waals surface area contributed by atoms with Crippen LogP contribution in [0.3, 0.4) is 0 Å². The van der Waals surface area contributed by atoms with Crippen molar-refractivity contribution in [3.05, 3.63) is 145 Å².